The fourth-order valence-electron chi connectivity index (χ4n) is 2.54. The average Bonchev–Trinajstić information content (AvgIpc) is 2.40. The molecule has 0 aromatic heterocycles. The highest BCUT2D eigenvalue weighted by atomic mass is 79.9. The van der Waals surface area contributed by atoms with Crippen molar-refractivity contribution < 1.29 is 17.6 Å². The van der Waals surface area contributed by atoms with E-state index in [2.05, 4.69) is 21.2 Å². The van der Waals surface area contributed by atoms with Crippen LogP contribution in [0.25, 0.3) is 0 Å². The van der Waals surface area contributed by atoms with Crippen LogP contribution in [0.3, 0.4) is 0 Å². The first-order valence-electron chi connectivity index (χ1n) is 6.60. The van der Waals surface area contributed by atoms with Crippen molar-refractivity contribution in [3.8, 4) is 0 Å². The number of hydrogen-bond acceptors (Lipinski definition) is 1. The monoisotopic (exact) mass is 353 g/mol. The maximum Gasteiger partial charge on any atom is 0.391 e. The maximum absolute atomic E-state index is 13.3. The topological polar surface area (TPSA) is 12.0 Å². The predicted molar refractivity (Wildman–Crippen MR) is 72.7 cm³/mol. The first kappa shape index (κ1) is 15.8. The summed E-state index contributed by atoms with van der Waals surface area (Å²) in [5.74, 6) is -1.49. The van der Waals surface area contributed by atoms with Crippen molar-refractivity contribution in [2.75, 3.05) is 0 Å². The molecule has 0 radical (unpaired) electrons. The molecule has 2 rings (SSSR count). The molecular formula is C14H16BrF4N. The Hall–Kier alpha value is -0.620. The van der Waals surface area contributed by atoms with E-state index in [9.17, 15) is 17.6 Å². The molecule has 6 heteroatoms. The first-order valence-corrected chi connectivity index (χ1v) is 7.39. The Bertz CT molecular complexity index is 453. The van der Waals surface area contributed by atoms with E-state index in [1.54, 1.807) is 12.1 Å². The minimum Gasteiger partial charge on any atom is -0.310 e. The summed E-state index contributed by atoms with van der Waals surface area (Å²) in [6, 6.07) is 4.94. The Morgan fingerprint density at radius 1 is 1.15 bits per heavy atom. The van der Waals surface area contributed by atoms with Gasteiger partial charge in [0.25, 0.3) is 0 Å². The molecule has 0 atom stereocenters. The molecule has 1 aliphatic carbocycles. The van der Waals surface area contributed by atoms with Crippen molar-refractivity contribution in [3.05, 3.63) is 34.1 Å². The van der Waals surface area contributed by atoms with Gasteiger partial charge < -0.3 is 5.32 Å². The molecule has 0 amide bonds. The van der Waals surface area contributed by atoms with Crippen molar-refractivity contribution in [2.45, 2.75) is 44.4 Å². The maximum atomic E-state index is 13.3. The van der Waals surface area contributed by atoms with Crippen LogP contribution in [0.15, 0.2) is 22.7 Å². The summed E-state index contributed by atoms with van der Waals surface area (Å²) in [4.78, 5) is 0. The van der Waals surface area contributed by atoms with Crippen LogP contribution in [0.5, 0.6) is 0 Å². The van der Waals surface area contributed by atoms with E-state index in [1.165, 1.54) is 6.07 Å². The summed E-state index contributed by atoms with van der Waals surface area (Å²) in [7, 11) is 0. The van der Waals surface area contributed by atoms with Crippen LogP contribution in [-0.2, 0) is 6.54 Å². The Labute approximate surface area is 123 Å². The average molecular weight is 354 g/mol. The highest BCUT2D eigenvalue weighted by Gasteiger charge is 2.41. The third-order valence-corrected chi connectivity index (χ3v) is 4.41. The van der Waals surface area contributed by atoms with Gasteiger partial charge in [0.1, 0.15) is 5.82 Å². The van der Waals surface area contributed by atoms with Gasteiger partial charge >= 0.3 is 6.18 Å². The molecule has 1 N–H and O–H groups in total. The van der Waals surface area contributed by atoms with Gasteiger partial charge in [-0.3, -0.25) is 0 Å². The fourth-order valence-corrected chi connectivity index (χ4v) is 2.78. The Balaban J connectivity index is 1.80. The molecule has 112 valence electrons. The second kappa shape index (κ2) is 6.43. The molecule has 0 heterocycles. The van der Waals surface area contributed by atoms with E-state index in [4.69, 9.17) is 0 Å². The van der Waals surface area contributed by atoms with Gasteiger partial charge in [-0.2, -0.15) is 13.2 Å². The first-order chi connectivity index (χ1) is 9.36. The number of benzene rings is 1. The fraction of sp³-hybridized carbons (Fsp3) is 0.571. The summed E-state index contributed by atoms with van der Waals surface area (Å²) >= 11 is 3.08. The van der Waals surface area contributed by atoms with Gasteiger partial charge in [0.15, 0.2) is 0 Å². The van der Waals surface area contributed by atoms with Crippen LogP contribution in [0.4, 0.5) is 17.6 Å². The summed E-state index contributed by atoms with van der Waals surface area (Å²) < 4.78 is 51.3. The van der Waals surface area contributed by atoms with Crippen LogP contribution in [0.1, 0.15) is 31.2 Å². The molecule has 0 unspecified atom stereocenters. The van der Waals surface area contributed by atoms with Gasteiger partial charge in [0, 0.05) is 12.6 Å². The van der Waals surface area contributed by atoms with E-state index < -0.39 is 12.1 Å². The van der Waals surface area contributed by atoms with Gasteiger partial charge in [-0.1, -0.05) is 6.07 Å². The van der Waals surface area contributed by atoms with Gasteiger partial charge in [-0.25, -0.2) is 4.39 Å². The lowest BCUT2D eigenvalue weighted by molar-refractivity contribution is -0.182. The zero-order chi connectivity index (χ0) is 14.8. The Morgan fingerprint density at radius 2 is 1.80 bits per heavy atom. The van der Waals surface area contributed by atoms with Crippen molar-refractivity contribution >= 4 is 15.9 Å². The molecule has 0 bridgehead atoms. The van der Waals surface area contributed by atoms with E-state index in [0.29, 0.717) is 23.9 Å². The molecule has 1 aromatic rings. The lowest BCUT2D eigenvalue weighted by atomic mass is 9.85. The summed E-state index contributed by atoms with van der Waals surface area (Å²) in [5, 5.41) is 3.21. The van der Waals surface area contributed by atoms with E-state index in [-0.39, 0.29) is 24.7 Å². The quantitative estimate of drug-likeness (QED) is 0.769. The standard InChI is InChI=1S/C14H16BrF4N/c15-12-6-1-9(7-13(12)16)8-20-11-4-2-10(3-5-11)14(17,18)19/h1,6-7,10-11,20H,2-5,8H2. The van der Waals surface area contributed by atoms with Gasteiger partial charge in [-0.05, 0) is 59.3 Å². The second-order valence-electron chi connectivity index (χ2n) is 5.22. The van der Waals surface area contributed by atoms with Crippen LogP contribution in [0.2, 0.25) is 0 Å². The number of hydrogen-bond donors (Lipinski definition) is 1. The molecule has 0 spiro atoms. The Morgan fingerprint density at radius 3 is 2.35 bits per heavy atom. The molecule has 1 saturated carbocycles. The lowest BCUT2D eigenvalue weighted by Gasteiger charge is -2.30. The molecule has 0 aliphatic heterocycles. The van der Waals surface area contributed by atoms with Crippen LogP contribution in [-0.4, -0.2) is 12.2 Å². The Kier molecular flexibility index (Phi) is 5.07. The normalized spacial score (nSPS) is 23.9. The summed E-state index contributed by atoms with van der Waals surface area (Å²) in [6.45, 7) is 0.478. The van der Waals surface area contributed by atoms with E-state index in [1.807, 2.05) is 0 Å². The number of alkyl halides is 3. The van der Waals surface area contributed by atoms with Crippen LogP contribution >= 0.6 is 15.9 Å². The summed E-state index contributed by atoms with van der Waals surface area (Å²) in [6.07, 6.45) is -2.68. The minimum atomic E-state index is -4.07. The number of rotatable bonds is 3. The molecule has 1 aliphatic rings. The molecule has 1 aromatic carbocycles. The lowest BCUT2D eigenvalue weighted by Crippen LogP contribution is -2.36. The predicted octanol–water partition coefficient (Wildman–Crippen LogP) is 4.80. The van der Waals surface area contributed by atoms with Crippen LogP contribution in [0, 0.1) is 11.7 Å². The third kappa shape index (κ3) is 4.19. The molecule has 0 saturated heterocycles. The molecule has 1 fully saturated rings. The van der Waals surface area contributed by atoms with Gasteiger partial charge in [0.05, 0.1) is 10.4 Å². The zero-order valence-corrected chi connectivity index (χ0v) is 12.4. The third-order valence-electron chi connectivity index (χ3n) is 3.77. The highest BCUT2D eigenvalue weighted by Crippen LogP contribution is 2.37. The number of halogens is 5. The largest absolute Gasteiger partial charge is 0.391 e. The number of nitrogens with one attached hydrogen (secondary N) is 1. The van der Waals surface area contributed by atoms with Crippen molar-refractivity contribution in [2.24, 2.45) is 5.92 Å². The van der Waals surface area contributed by atoms with E-state index in [0.717, 1.165) is 5.56 Å². The van der Waals surface area contributed by atoms with Crippen molar-refractivity contribution in [1.29, 1.82) is 0 Å². The van der Waals surface area contributed by atoms with Gasteiger partial charge in [0.2, 0.25) is 0 Å². The molecule has 20 heavy (non-hydrogen) atoms. The summed E-state index contributed by atoms with van der Waals surface area (Å²) in [5.41, 5.74) is 0.795. The van der Waals surface area contributed by atoms with Crippen molar-refractivity contribution in [1.82, 2.24) is 5.32 Å². The smallest absolute Gasteiger partial charge is 0.310 e. The molecule has 1 nitrogen and oxygen atoms in total. The van der Waals surface area contributed by atoms with E-state index >= 15 is 0 Å². The molecular weight excluding hydrogens is 338 g/mol. The van der Waals surface area contributed by atoms with Gasteiger partial charge in [-0.15, -0.1) is 0 Å². The SMILES string of the molecule is Fc1cc(CNC2CCC(C(F)(F)F)CC2)ccc1Br. The highest BCUT2D eigenvalue weighted by molar-refractivity contribution is 9.10. The minimum absolute atomic E-state index is 0.0836. The zero-order valence-electron chi connectivity index (χ0n) is 10.8. The second-order valence-corrected chi connectivity index (χ2v) is 6.07. The van der Waals surface area contributed by atoms with Crippen LogP contribution < -0.4 is 5.32 Å². The van der Waals surface area contributed by atoms with Crippen molar-refractivity contribution in [3.63, 3.8) is 0 Å².